The molecule has 0 radical (unpaired) electrons. The lowest BCUT2D eigenvalue weighted by Gasteiger charge is -2.09. The van der Waals surface area contributed by atoms with E-state index in [1.54, 1.807) is 6.92 Å². The Labute approximate surface area is 80.9 Å². The Balaban J connectivity index is 2.51. The van der Waals surface area contributed by atoms with Gasteiger partial charge in [-0.1, -0.05) is 0 Å². The van der Waals surface area contributed by atoms with Crippen LogP contribution in [-0.2, 0) is 17.6 Å². The molecule has 0 saturated heterocycles. The van der Waals surface area contributed by atoms with E-state index in [1.165, 1.54) is 0 Å². The summed E-state index contributed by atoms with van der Waals surface area (Å²) in [5.41, 5.74) is 2.74. The highest BCUT2D eigenvalue weighted by Crippen LogP contribution is 2.24. The Morgan fingerprint density at radius 1 is 1.43 bits per heavy atom. The lowest BCUT2D eigenvalue weighted by Crippen LogP contribution is -2.12. The number of Topliss-reactive ketones (excluding diaryl/α,β-unsaturated/α-hetero) is 1. The number of nitrogens with one attached hydrogen (secondary N) is 1. The molecule has 0 atom stereocenters. The van der Waals surface area contributed by atoms with Gasteiger partial charge in [-0.25, -0.2) is 4.79 Å². The van der Waals surface area contributed by atoms with Gasteiger partial charge in [0.1, 0.15) is 11.5 Å². The molecule has 0 amide bonds. The van der Waals surface area contributed by atoms with Crippen LogP contribution < -0.4 is 0 Å². The lowest BCUT2D eigenvalue weighted by atomic mass is 9.94. The van der Waals surface area contributed by atoms with Crippen molar-refractivity contribution in [3.63, 3.8) is 0 Å². The largest absolute Gasteiger partial charge is 0.477 e. The van der Waals surface area contributed by atoms with E-state index in [1.807, 2.05) is 0 Å². The number of carbonyl (C=O) groups excluding carboxylic acids is 1. The third-order valence-corrected chi connectivity index (χ3v) is 2.71. The van der Waals surface area contributed by atoms with E-state index in [2.05, 4.69) is 4.98 Å². The molecule has 1 aromatic heterocycles. The van der Waals surface area contributed by atoms with Gasteiger partial charge in [0.25, 0.3) is 0 Å². The topological polar surface area (TPSA) is 70.2 Å². The van der Waals surface area contributed by atoms with Crippen molar-refractivity contribution in [1.29, 1.82) is 0 Å². The standard InChI is InChI=1S/C10H11NO3/c1-5-7-4-6(12)2-3-8(7)11-9(5)10(13)14/h11H,2-4H2,1H3,(H,13,14). The van der Waals surface area contributed by atoms with Crippen LogP contribution in [0.1, 0.15) is 33.7 Å². The van der Waals surface area contributed by atoms with E-state index in [9.17, 15) is 9.59 Å². The normalized spacial score (nSPS) is 15.4. The second-order valence-electron chi connectivity index (χ2n) is 3.60. The van der Waals surface area contributed by atoms with Crippen LogP contribution in [0.15, 0.2) is 0 Å². The highest BCUT2D eigenvalue weighted by molar-refractivity contribution is 5.90. The van der Waals surface area contributed by atoms with Crippen molar-refractivity contribution in [2.45, 2.75) is 26.2 Å². The van der Waals surface area contributed by atoms with Crippen molar-refractivity contribution in [3.05, 3.63) is 22.5 Å². The van der Waals surface area contributed by atoms with Crippen molar-refractivity contribution in [3.8, 4) is 0 Å². The number of rotatable bonds is 1. The first-order valence-corrected chi connectivity index (χ1v) is 4.55. The number of carboxylic acid groups (broad SMARTS) is 1. The van der Waals surface area contributed by atoms with Gasteiger partial charge in [0.15, 0.2) is 0 Å². The Kier molecular flexibility index (Phi) is 1.91. The van der Waals surface area contributed by atoms with Gasteiger partial charge in [-0.3, -0.25) is 4.79 Å². The minimum atomic E-state index is -0.954. The molecule has 0 unspecified atom stereocenters. The molecule has 0 aromatic carbocycles. The smallest absolute Gasteiger partial charge is 0.352 e. The lowest BCUT2D eigenvalue weighted by molar-refractivity contribution is -0.118. The number of ketones is 1. The van der Waals surface area contributed by atoms with E-state index in [0.717, 1.165) is 11.3 Å². The first-order chi connectivity index (χ1) is 6.59. The quantitative estimate of drug-likeness (QED) is 0.701. The highest BCUT2D eigenvalue weighted by atomic mass is 16.4. The summed E-state index contributed by atoms with van der Waals surface area (Å²) in [6.07, 6.45) is 1.54. The van der Waals surface area contributed by atoms with Crippen molar-refractivity contribution in [2.24, 2.45) is 0 Å². The van der Waals surface area contributed by atoms with Crippen LogP contribution >= 0.6 is 0 Å². The molecule has 4 heteroatoms. The Morgan fingerprint density at radius 2 is 2.14 bits per heavy atom. The number of hydrogen-bond acceptors (Lipinski definition) is 2. The molecule has 4 nitrogen and oxygen atoms in total. The maximum absolute atomic E-state index is 11.2. The summed E-state index contributed by atoms with van der Waals surface area (Å²) in [7, 11) is 0. The summed E-state index contributed by atoms with van der Waals surface area (Å²) in [6.45, 7) is 1.75. The van der Waals surface area contributed by atoms with Crippen molar-refractivity contribution in [2.75, 3.05) is 0 Å². The number of carboxylic acids is 1. The van der Waals surface area contributed by atoms with E-state index >= 15 is 0 Å². The van der Waals surface area contributed by atoms with Gasteiger partial charge in [0.05, 0.1) is 0 Å². The van der Waals surface area contributed by atoms with Crippen molar-refractivity contribution in [1.82, 2.24) is 4.98 Å². The van der Waals surface area contributed by atoms with Crippen LogP contribution in [0.25, 0.3) is 0 Å². The molecule has 0 aliphatic heterocycles. The highest BCUT2D eigenvalue weighted by Gasteiger charge is 2.23. The molecular formula is C10H11NO3. The Hall–Kier alpha value is -1.58. The van der Waals surface area contributed by atoms with E-state index in [4.69, 9.17) is 5.11 Å². The van der Waals surface area contributed by atoms with Crippen molar-refractivity contribution >= 4 is 11.8 Å². The van der Waals surface area contributed by atoms with Gasteiger partial charge >= 0.3 is 5.97 Å². The molecule has 1 aliphatic carbocycles. The van der Waals surface area contributed by atoms with Crippen LogP contribution in [0.4, 0.5) is 0 Å². The number of hydrogen-bond donors (Lipinski definition) is 2. The van der Waals surface area contributed by atoms with Crippen LogP contribution in [0.5, 0.6) is 0 Å². The van der Waals surface area contributed by atoms with E-state index in [-0.39, 0.29) is 11.5 Å². The number of fused-ring (bicyclic) bond motifs is 1. The maximum Gasteiger partial charge on any atom is 0.352 e. The monoisotopic (exact) mass is 193 g/mol. The second-order valence-corrected chi connectivity index (χ2v) is 3.60. The van der Waals surface area contributed by atoms with Crippen LogP contribution in [0, 0.1) is 6.92 Å². The number of aromatic nitrogens is 1. The summed E-state index contributed by atoms with van der Waals surface area (Å²) in [5, 5.41) is 8.86. The maximum atomic E-state index is 11.2. The van der Waals surface area contributed by atoms with E-state index in [0.29, 0.717) is 24.8 Å². The average molecular weight is 193 g/mol. The zero-order valence-corrected chi connectivity index (χ0v) is 7.89. The van der Waals surface area contributed by atoms with Crippen LogP contribution in [0.2, 0.25) is 0 Å². The van der Waals surface area contributed by atoms with Gasteiger partial charge in [0.2, 0.25) is 0 Å². The molecule has 0 saturated carbocycles. The molecule has 0 bridgehead atoms. The summed E-state index contributed by atoms with van der Waals surface area (Å²) < 4.78 is 0. The first-order valence-electron chi connectivity index (χ1n) is 4.55. The summed E-state index contributed by atoms with van der Waals surface area (Å²) >= 11 is 0. The van der Waals surface area contributed by atoms with Gasteiger partial charge in [-0.2, -0.15) is 0 Å². The number of H-pyrrole nitrogens is 1. The molecule has 1 aromatic rings. The predicted molar refractivity (Wildman–Crippen MR) is 49.5 cm³/mol. The van der Waals surface area contributed by atoms with Gasteiger partial charge in [-0.05, 0) is 24.5 Å². The third-order valence-electron chi connectivity index (χ3n) is 2.71. The second kappa shape index (κ2) is 2.97. The number of aromatic carboxylic acids is 1. The minimum absolute atomic E-state index is 0.191. The number of aryl methyl sites for hydroxylation is 1. The predicted octanol–water partition coefficient (Wildman–Crippen LogP) is 1.08. The fraction of sp³-hybridized carbons (Fsp3) is 0.400. The van der Waals surface area contributed by atoms with Crippen LogP contribution in [-0.4, -0.2) is 21.8 Å². The number of aromatic amines is 1. The molecule has 2 rings (SSSR count). The first kappa shape index (κ1) is 8.99. The molecule has 14 heavy (non-hydrogen) atoms. The van der Waals surface area contributed by atoms with Crippen LogP contribution in [0.3, 0.4) is 0 Å². The molecule has 0 spiro atoms. The fourth-order valence-electron chi connectivity index (χ4n) is 1.91. The summed E-state index contributed by atoms with van der Waals surface area (Å²) in [5.74, 6) is -0.763. The summed E-state index contributed by atoms with van der Waals surface area (Å²) in [4.78, 5) is 24.9. The zero-order valence-electron chi connectivity index (χ0n) is 7.89. The van der Waals surface area contributed by atoms with Gasteiger partial charge < -0.3 is 10.1 Å². The van der Waals surface area contributed by atoms with Gasteiger partial charge in [-0.15, -0.1) is 0 Å². The summed E-state index contributed by atoms with van der Waals surface area (Å²) in [6, 6.07) is 0. The average Bonchev–Trinajstić information content (AvgIpc) is 2.44. The molecule has 2 N–H and O–H groups in total. The molecule has 74 valence electrons. The molecular weight excluding hydrogens is 182 g/mol. The van der Waals surface area contributed by atoms with E-state index < -0.39 is 5.97 Å². The SMILES string of the molecule is Cc1c(C(=O)O)[nH]c2c1CC(=O)CC2. The van der Waals surface area contributed by atoms with Crippen molar-refractivity contribution < 1.29 is 14.7 Å². The minimum Gasteiger partial charge on any atom is -0.477 e. The molecule has 1 heterocycles. The third kappa shape index (κ3) is 1.23. The Bertz CT molecular complexity index is 417. The Morgan fingerprint density at radius 3 is 2.79 bits per heavy atom. The molecule has 0 fully saturated rings. The zero-order chi connectivity index (χ0) is 10.3. The molecule has 1 aliphatic rings. The van der Waals surface area contributed by atoms with Gasteiger partial charge in [0, 0.05) is 18.5 Å². The fourth-order valence-corrected chi connectivity index (χ4v) is 1.91. The number of carbonyl (C=O) groups is 2.